The first-order chi connectivity index (χ1) is 13.5. The maximum atomic E-state index is 12.8. The number of aryl methyl sites for hydroxylation is 1. The third kappa shape index (κ3) is 2.58. The number of rotatable bonds is 3. The zero-order chi connectivity index (χ0) is 19.4. The molecule has 28 heavy (non-hydrogen) atoms. The molecule has 0 spiro atoms. The Labute approximate surface area is 164 Å². The van der Waals surface area contributed by atoms with Gasteiger partial charge in [0.15, 0.2) is 0 Å². The van der Waals surface area contributed by atoms with Crippen LogP contribution in [0.25, 0.3) is 15.9 Å². The van der Waals surface area contributed by atoms with Crippen LogP contribution in [0.15, 0.2) is 36.4 Å². The SMILES string of the molecule is Cc1nn(-c2ccccc2)c2sc(C(=O)N[C@H]3C[C@H]4C(=O)NC(=O)N4C3)cc12. The Morgan fingerprint density at radius 3 is 2.82 bits per heavy atom. The number of nitrogens with zero attached hydrogens (tertiary/aromatic N) is 3. The minimum atomic E-state index is -0.478. The predicted molar refractivity (Wildman–Crippen MR) is 104 cm³/mol. The molecule has 0 saturated carbocycles. The smallest absolute Gasteiger partial charge is 0.324 e. The number of aromatic nitrogens is 2. The van der Waals surface area contributed by atoms with Crippen LogP contribution in [0.3, 0.4) is 0 Å². The summed E-state index contributed by atoms with van der Waals surface area (Å²) >= 11 is 1.38. The molecule has 0 radical (unpaired) electrons. The molecule has 2 fully saturated rings. The molecule has 2 aliphatic heterocycles. The van der Waals surface area contributed by atoms with Crippen molar-refractivity contribution in [3.05, 3.63) is 47.0 Å². The summed E-state index contributed by atoms with van der Waals surface area (Å²) < 4.78 is 1.85. The number of carbonyl (C=O) groups excluding carboxylic acids is 3. The summed E-state index contributed by atoms with van der Waals surface area (Å²) in [6, 6.07) is 10.5. The lowest BCUT2D eigenvalue weighted by molar-refractivity contribution is -0.121. The molecule has 0 aliphatic carbocycles. The third-order valence-electron chi connectivity index (χ3n) is 5.20. The average molecular weight is 395 g/mol. The first-order valence-corrected chi connectivity index (χ1v) is 9.80. The van der Waals surface area contributed by atoms with Gasteiger partial charge in [0.05, 0.1) is 16.3 Å². The summed E-state index contributed by atoms with van der Waals surface area (Å²) in [5.41, 5.74) is 1.80. The highest BCUT2D eigenvalue weighted by atomic mass is 32.1. The Morgan fingerprint density at radius 1 is 1.29 bits per heavy atom. The largest absolute Gasteiger partial charge is 0.347 e. The number of carbonyl (C=O) groups is 3. The van der Waals surface area contributed by atoms with Crippen molar-refractivity contribution in [2.75, 3.05) is 6.54 Å². The lowest BCUT2D eigenvalue weighted by atomic mass is 10.1. The fourth-order valence-corrected chi connectivity index (χ4v) is 4.92. The normalized spacial score (nSPS) is 21.2. The van der Waals surface area contributed by atoms with Crippen LogP contribution in [-0.4, -0.2) is 51.2 Å². The molecular weight excluding hydrogens is 378 g/mol. The first-order valence-electron chi connectivity index (χ1n) is 8.98. The molecular formula is C19H17N5O3S. The van der Waals surface area contributed by atoms with Crippen LogP contribution in [0.1, 0.15) is 21.8 Å². The molecule has 1 aromatic carbocycles. The van der Waals surface area contributed by atoms with E-state index in [4.69, 9.17) is 0 Å². The van der Waals surface area contributed by atoms with E-state index in [1.165, 1.54) is 16.2 Å². The Morgan fingerprint density at radius 2 is 2.07 bits per heavy atom. The van der Waals surface area contributed by atoms with Crippen molar-refractivity contribution >= 4 is 39.4 Å². The van der Waals surface area contributed by atoms with Crippen molar-refractivity contribution < 1.29 is 14.4 Å². The number of para-hydroxylation sites is 1. The van der Waals surface area contributed by atoms with Crippen molar-refractivity contribution in [2.24, 2.45) is 0 Å². The van der Waals surface area contributed by atoms with Gasteiger partial charge in [-0.25, -0.2) is 9.48 Å². The van der Waals surface area contributed by atoms with Gasteiger partial charge in [-0.2, -0.15) is 5.10 Å². The van der Waals surface area contributed by atoms with Gasteiger partial charge in [0.2, 0.25) is 0 Å². The van der Waals surface area contributed by atoms with Crippen LogP contribution < -0.4 is 10.6 Å². The molecule has 4 amide bonds. The molecule has 0 bridgehead atoms. The third-order valence-corrected chi connectivity index (χ3v) is 6.31. The lowest BCUT2D eigenvalue weighted by Crippen LogP contribution is -2.39. The van der Waals surface area contributed by atoms with E-state index >= 15 is 0 Å². The zero-order valence-electron chi connectivity index (χ0n) is 15.0. The van der Waals surface area contributed by atoms with Crippen molar-refractivity contribution in [1.29, 1.82) is 0 Å². The second kappa shape index (κ2) is 6.16. The number of hydrogen-bond acceptors (Lipinski definition) is 5. The predicted octanol–water partition coefficient (Wildman–Crippen LogP) is 1.82. The van der Waals surface area contributed by atoms with Crippen molar-refractivity contribution in [3.8, 4) is 5.69 Å². The molecule has 3 aromatic rings. The van der Waals surface area contributed by atoms with Gasteiger partial charge in [-0.3, -0.25) is 14.9 Å². The van der Waals surface area contributed by atoms with E-state index in [-0.39, 0.29) is 23.9 Å². The fourth-order valence-electron chi connectivity index (χ4n) is 3.83. The first kappa shape index (κ1) is 16.9. The second-order valence-electron chi connectivity index (χ2n) is 7.03. The van der Waals surface area contributed by atoms with E-state index in [2.05, 4.69) is 15.7 Å². The van der Waals surface area contributed by atoms with Crippen LogP contribution >= 0.6 is 11.3 Å². The molecule has 0 unspecified atom stereocenters. The summed E-state index contributed by atoms with van der Waals surface area (Å²) in [5.74, 6) is -0.485. The van der Waals surface area contributed by atoms with E-state index in [0.29, 0.717) is 17.8 Å². The highest BCUT2D eigenvalue weighted by Crippen LogP contribution is 2.31. The topological polar surface area (TPSA) is 96.3 Å². The van der Waals surface area contributed by atoms with Gasteiger partial charge >= 0.3 is 6.03 Å². The fraction of sp³-hybridized carbons (Fsp3) is 0.263. The van der Waals surface area contributed by atoms with Gasteiger partial charge in [-0.15, -0.1) is 11.3 Å². The Hall–Kier alpha value is -3.20. The van der Waals surface area contributed by atoms with Gasteiger partial charge < -0.3 is 10.2 Å². The van der Waals surface area contributed by atoms with E-state index < -0.39 is 6.04 Å². The van der Waals surface area contributed by atoms with E-state index in [0.717, 1.165) is 21.6 Å². The number of urea groups is 1. The summed E-state index contributed by atoms with van der Waals surface area (Å²) in [4.78, 5) is 39.3. The van der Waals surface area contributed by atoms with E-state index in [9.17, 15) is 14.4 Å². The summed E-state index contributed by atoms with van der Waals surface area (Å²) in [7, 11) is 0. The van der Waals surface area contributed by atoms with Crippen LogP contribution in [0.2, 0.25) is 0 Å². The Kier molecular flexibility index (Phi) is 3.73. The van der Waals surface area contributed by atoms with Gasteiger partial charge in [0, 0.05) is 18.0 Å². The van der Waals surface area contributed by atoms with Crippen molar-refractivity contribution in [3.63, 3.8) is 0 Å². The Bertz CT molecular complexity index is 1100. The molecule has 142 valence electrons. The number of benzene rings is 1. The van der Waals surface area contributed by atoms with Crippen molar-refractivity contribution in [2.45, 2.75) is 25.4 Å². The number of fused-ring (bicyclic) bond motifs is 2. The molecule has 5 rings (SSSR count). The molecule has 8 nitrogen and oxygen atoms in total. The maximum absolute atomic E-state index is 12.8. The number of nitrogens with one attached hydrogen (secondary N) is 2. The zero-order valence-corrected chi connectivity index (χ0v) is 15.8. The molecule has 2 aromatic heterocycles. The highest BCUT2D eigenvalue weighted by Gasteiger charge is 2.46. The summed E-state index contributed by atoms with van der Waals surface area (Å²) in [6.45, 7) is 2.27. The van der Waals surface area contributed by atoms with Gasteiger partial charge in [0.1, 0.15) is 10.9 Å². The lowest BCUT2D eigenvalue weighted by Gasteiger charge is -2.13. The summed E-state index contributed by atoms with van der Waals surface area (Å²) in [5, 5.41) is 10.8. The van der Waals surface area contributed by atoms with Crippen molar-refractivity contribution in [1.82, 2.24) is 25.3 Å². The van der Waals surface area contributed by atoms with Gasteiger partial charge in [-0.05, 0) is 31.5 Å². The second-order valence-corrected chi connectivity index (χ2v) is 8.06. The van der Waals surface area contributed by atoms with E-state index in [1.807, 2.05) is 48.0 Å². The van der Waals surface area contributed by atoms with Crippen LogP contribution in [0.4, 0.5) is 4.79 Å². The molecule has 2 saturated heterocycles. The van der Waals surface area contributed by atoms with Gasteiger partial charge in [-0.1, -0.05) is 18.2 Å². The van der Waals surface area contributed by atoms with Gasteiger partial charge in [0.25, 0.3) is 11.8 Å². The summed E-state index contributed by atoms with van der Waals surface area (Å²) in [6.07, 6.45) is 0.436. The highest BCUT2D eigenvalue weighted by molar-refractivity contribution is 7.20. The molecule has 2 aliphatic rings. The Balaban J connectivity index is 1.39. The number of imide groups is 1. The molecule has 9 heteroatoms. The maximum Gasteiger partial charge on any atom is 0.324 e. The van der Waals surface area contributed by atoms with Crippen LogP contribution in [0, 0.1) is 6.92 Å². The molecule has 2 atom stereocenters. The molecule has 4 heterocycles. The van der Waals surface area contributed by atoms with Crippen LogP contribution in [-0.2, 0) is 4.79 Å². The minimum Gasteiger partial charge on any atom is -0.347 e. The standard InChI is InChI=1S/C19H17N5O3S/c1-10-13-8-15(28-18(13)24(22-10)12-5-3-2-4-6-12)17(26)20-11-7-14-16(25)21-19(27)23(14)9-11/h2-6,8,11,14H,7,9H2,1H3,(H,20,26)(H,21,25,27)/t11-,14-/m0/s1. The monoisotopic (exact) mass is 395 g/mol. The quantitative estimate of drug-likeness (QED) is 0.661. The van der Waals surface area contributed by atoms with Crippen LogP contribution in [0.5, 0.6) is 0 Å². The number of thiophene rings is 1. The molecule has 2 N–H and O–H groups in total. The number of hydrogen-bond donors (Lipinski definition) is 2. The number of amides is 4. The van der Waals surface area contributed by atoms with E-state index in [1.54, 1.807) is 0 Å². The minimum absolute atomic E-state index is 0.195. The average Bonchev–Trinajstić information content (AvgIpc) is 3.41.